The van der Waals surface area contributed by atoms with Crippen LogP contribution in [0.2, 0.25) is 0 Å². The van der Waals surface area contributed by atoms with Crippen molar-refractivity contribution in [2.75, 3.05) is 18.8 Å². The lowest BCUT2D eigenvalue weighted by atomic mass is 10.1. The van der Waals surface area contributed by atoms with Gasteiger partial charge in [-0.25, -0.2) is 0 Å². The van der Waals surface area contributed by atoms with Crippen LogP contribution in [0.4, 0.5) is 0 Å². The largest absolute Gasteiger partial charge is 0.354 e. The van der Waals surface area contributed by atoms with Gasteiger partial charge in [0.15, 0.2) is 0 Å². The number of aryl methyl sites for hydroxylation is 1. The summed E-state index contributed by atoms with van der Waals surface area (Å²) in [5.74, 6) is 1.09. The van der Waals surface area contributed by atoms with Gasteiger partial charge in [-0.05, 0) is 43.4 Å². The molecule has 0 aliphatic rings. The van der Waals surface area contributed by atoms with Crippen LogP contribution in [0.15, 0.2) is 54.6 Å². The van der Waals surface area contributed by atoms with Crippen LogP contribution >= 0.6 is 11.8 Å². The summed E-state index contributed by atoms with van der Waals surface area (Å²) in [6.07, 6.45) is 1.61. The summed E-state index contributed by atoms with van der Waals surface area (Å²) < 4.78 is 0. The van der Waals surface area contributed by atoms with Crippen molar-refractivity contribution in [2.45, 2.75) is 45.4 Å². The highest BCUT2D eigenvalue weighted by Crippen LogP contribution is 2.17. The average molecular weight is 413 g/mol. The molecule has 0 spiro atoms. The first kappa shape index (κ1) is 23.0. The van der Waals surface area contributed by atoms with Crippen molar-refractivity contribution in [3.05, 3.63) is 71.3 Å². The van der Waals surface area contributed by atoms with Gasteiger partial charge in [0.25, 0.3) is 0 Å². The lowest BCUT2D eigenvalue weighted by Gasteiger charge is -2.28. The number of rotatable bonds is 11. The molecule has 0 radical (unpaired) electrons. The third-order valence-corrected chi connectivity index (χ3v) is 5.91. The van der Waals surface area contributed by atoms with Crippen molar-refractivity contribution < 1.29 is 9.59 Å². The minimum atomic E-state index is -0.475. The molecule has 0 unspecified atom stereocenters. The Morgan fingerprint density at radius 1 is 1.07 bits per heavy atom. The number of nitrogens with zero attached hydrogens (tertiary/aromatic N) is 1. The number of benzene rings is 2. The van der Waals surface area contributed by atoms with Crippen LogP contribution in [0.3, 0.4) is 0 Å². The molecule has 2 rings (SSSR count). The molecule has 5 heteroatoms. The zero-order chi connectivity index (χ0) is 21.1. The van der Waals surface area contributed by atoms with Gasteiger partial charge in [-0.2, -0.15) is 0 Å². The molecule has 0 aliphatic carbocycles. The standard InChI is InChI=1S/C24H32N2O2S/c1-4-15-25-24(28)20(3)26(16-14-21-11-6-5-7-12-21)23(27)18-29-17-22-13-9-8-10-19(22)2/h5-13,20H,4,14-18H2,1-3H3,(H,25,28)/t20-/m1/s1. The van der Waals surface area contributed by atoms with Crippen molar-refractivity contribution in [3.63, 3.8) is 0 Å². The summed E-state index contributed by atoms with van der Waals surface area (Å²) in [4.78, 5) is 27.2. The van der Waals surface area contributed by atoms with E-state index < -0.39 is 6.04 Å². The van der Waals surface area contributed by atoms with E-state index in [9.17, 15) is 9.59 Å². The van der Waals surface area contributed by atoms with Crippen LogP contribution < -0.4 is 5.32 Å². The van der Waals surface area contributed by atoms with Crippen LogP contribution in [0.25, 0.3) is 0 Å². The first-order valence-electron chi connectivity index (χ1n) is 10.3. The molecule has 0 heterocycles. The van der Waals surface area contributed by atoms with E-state index in [1.807, 2.05) is 44.2 Å². The molecule has 0 saturated carbocycles. The summed E-state index contributed by atoms with van der Waals surface area (Å²) in [7, 11) is 0. The molecule has 156 valence electrons. The van der Waals surface area contributed by atoms with Crippen molar-refractivity contribution in [1.82, 2.24) is 10.2 Å². The van der Waals surface area contributed by atoms with Crippen molar-refractivity contribution >= 4 is 23.6 Å². The smallest absolute Gasteiger partial charge is 0.242 e. The lowest BCUT2D eigenvalue weighted by molar-refractivity contribution is -0.137. The van der Waals surface area contributed by atoms with Gasteiger partial charge in [0.2, 0.25) is 11.8 Å². The van der Waals surface area contributed by atoms with Gasteiger partial charge in [-0.1, -0.05) is 61.5 Å². The van der Waals surface area contributed by atoms with E-state index in [2.05, 4.69) is 36.5 Å². The number of nitrogens with one attached hydrogen (secondary N) is 1. The van der Waals surface area contributed by atoms with E-state index in [0.29, 0.717) is 18.8 Å². The summed E-state index contributed by atoms with van der Waals surface area (Å²) in [5, 5.41) is 2.92. The SMILES string of the molecule is CCCNC(=O)[C@@H](C)N(CCc1ccccc1)C(=O)CSCc1ccccc1C. The molecule has 2 aromatic carbocycles. The average Bonchev–Trinajstić information content (AvgIpc) is 2.74. The monoisotopic (exact) mass is 412 g/mol. The molecule has 29 heavy (non-hydrogen) atoms. The second-order valence-electron chi connectivity index (χ2n) is 7.21. The predicted molar refractivity (Wildman–Crippen MR) is 122 cm³/mol. The van der Waals surface area contributed by atoms with E-state index in [4.69, 9.17) is 0 Å². The first-order chi connectivity index (χ1) is 14.0. The summed E-state index contributed by atoms with van der Waals surface area (Å²) in [6.45, 7) is 7.09. The molecular formula is C24H32N2O2S. The second kappa shape index (κ2) is 12.3. The minimum Gasteiger partial charge on any atom is -0.354 e. The van der Waals surface area contributed by atoms with Crippen LogP contribution in [-0.4, -0.2) is 41.6 Å². The van der Waals surface area contributed by atoms with E-state index in [1.54, 1.807) is 16.7 Å². The highest BCUT2D eigenvalue weighted by atomic mass is 32.2. The molecule has 0 aromatic heterocycles. The predicted octanol–water partition coefficient (Wildman–Crippen LogP) is 4.21. The Hall–Kier alpha value is -2.27. The Labute approximate surface area is 179 Å². The number of hydrogen-bond donors (Lipinski definition) is 1. The Balaban J connectivity index is 1.98. The number of carbonyl (C=O) groups is 2. The van der Waals surface area contributed by atoms with Gasteiger partial charge < -0.3 is 10.2 Å². The fraction of sp³-hybridized carbons (Fsp3) is 0.417. The van der Waals surface area contributed by atoms with Crippen LogP contribution in [0, 0.1) is 6.92 Å². The quantitative estimate of drug-likeness (QED) is 0.601. The Morgan fingerprint density at radius 3 is 2.45 bits per heavy atom. The lowest BCUT2D eigenvalue weighted by Crippen LogP contribution is -2.49. The maximum Gasteiger partial charge on any atom is 0.242 e. The van der Waals surface area contributed by atoms with E-state index in [0.717, 1.165) is 18.6 Å². The summed E-state index contributed by atoms with van der Waals surface area (Å²) in [6, 6.07) is 17.8. The van der Waals surface area contributed by atoms with Crippen molar-refractivity contribution in [2.24, 2.45) is 0 Å². The zero-order valence-corrected chi connectivity index (χ0v) is 18.5. The number of amides is 2. The number of thioether (sulfide) groups is 1. The Morgan fingerprint density at radius 2 is 1.76 bits per heavy atom. The molecule has 1 N–H and O–H groups in total. The zero-order valence-electron chi connectivity index (χ0n) is 17.7. The fourth-order valence-electron chi connectivity index (χ4n) is 3.07. The third-order valence-electron chi connectivity index (χ3n) is 4.95. The molecular weight excluding hydrogens is 380 g/mol. The molecule has 2 amide bonds. The van der Waals surface area contributed by atoms with Crippen molar-refractivity contribution in [1.29, 1.82) is 0 Å². The maximum absolute atomic E-state index is 13.0. The van der Waals surface area contributed by atoms with Gasteiger partial charge in [-0.15, -0.1) is 11.8 Å². The molecule has 0 aliphatic heterocycles. The highest BCUT2D eigenvalue weighted by molar-refractivity contribution is 7.99. The second-order valence-corrected chi connectivity index (χ2v) is 8.19. The van der Waals surface area contributed by atoms with Crippen LogP contribution in [0.5, 0.6) is 0 Å². The third kappa shape index (κ3) is 7.58. The van der Waals surface area contributed by atoms with Crippen LogP contribution in [0.1, 0.15) is 37.0 Å². The summed E-state index contributed by atoms with van der Waals surface area (Å²) >= 11 is 1.60. The number of hydrogen-bond acceptors (Lipinski definition) is 3. The number of carbonyl (C=O) groups excluding carboxylic acids is 2. The topological polar surface area (TPSA) is 49.4 Å². The van der Waals surface area contributed by atoms with Gasteiger partial charge in [0.1, 0.15) is 6.04 Å². The Kier molecular flexibility index (Phi) is 9.78. The maximum atomic E-state index is 13.0. The Bertz CT molecular complexity index is 779. The molecule has 4 nitrogen and oxygen atoms in total. The van der Waals surface area contributed by atoms with Crippen LogP contribution in [-0.2, 0) is 21.8 Å². The van der Waals surface area contributed by atoms with Gasteiger partial charge in [0, 0.05) is 18.8 Å². The first-order valence-corrected chi connectivity index (χ1v) is 11.4. The van der Waals surface area contributed by atoms with Gasteiger partial charge in [-0.3, -0.25) is 9.59 Å². The van der Waals surface area contributed by atoms with Crippen molar-refractivity contribution in [3.8, 4) is 0 Å². The minimum absolute atomic E-state index is 0.0127. The highest BCUT2D eigenvalue weighted by Gasteiger charge is 2.25. The molecule has 2 aromatic rings. The molecule has 0 fully saturated rings. The fourth-order valence-corrected chi connectivity index (χ4v) is 4.06. The van der Waals surface area contributed by atoms with E-state index in [-0.39, 0.29) is 11.8 Å². The van der Waals surface area contributed by atoms with Gasteiger partial charge >= 0.3 is 0 Å². The van der Waals surface area contributed by atoms with E-state index >= 15 is 0 Å². The van der Waals surface area contributed by atoms with E-state index in [1.165, 1.54) is 16.7 Å². The normalized spacial score (nSPS) is 11.7. The molecule has 1 atom stereocenters. The molecule has 0 saturated heterocycles. The summed E-state index contributed by atoms with van der Waals surface area (Å²) in [5.41, 5.74) is 3.65. The van der Waals surface area contributed by atoms with Gasteiger partial charge in [0.05, 0.1) is 5.75 Å². The molecule has 0 bridgehead atoms.